The van der Waals surface area contributed by atoms with Gasteiger partial charge in [0.15, 0.2) is 5.66 Å². The zero-order valence-electron chi connectivity index (χ0n) is 10.5. The van der Waals surface area contributed by atoms with Crippen LogP contribution in [0.5, 0.6) is 0 Å². The summed E-state index contributed by atoms with van der Waals surface area (Å²) < 4.78 is 1.28. The molecule has 0 aliphatic carbocycles. The summed E-state index contributed by atoms with van der Waals surface area (Å²) >= 11 is 0. The molecule has 4 nitrogen and oxygen atoms in total. The quantitative estimate of drug-likeness (QED) is 0.510. The van der Waals surface area contributed by atoms with Crippen LogP contribution in [-0.4, -0.2) is 90.4 Å². The largest absolute Gasteiger partial charge is 0.304 e. The summed E-state index contributed by atoms with van der Waals surface area (Å²) in [7, 11) is 2.49. The highest BCUT2D eigenvalue weighted by Crippen LogP contribution is 2.45. The maximum absolute atomic E-state index is 2.77. The normalized spacial score (nSPS) is 53.2. The third-order valence-electron chi connectivity index (χ3n) is 5.99. The second-order valence-electron chi connectivity index (χ2n) is 6.37. The Balaban J connectivity index is 1.84. The van der Waals surface area contributed by atoms with Gasteiger partial charge in [0.1, 0.15) is 6.17 Å². The summed E-state index contributed by atoms with van der Waals surface area (Å²) in [6, 6.07) is 0. The van der Waals surface area contributed by atoms with Crippen LogP contribution >= 0.6 is 0 Å². The van der Waals surface area contributed by atoms with Crippen molar-refractivity contribution in [3.05, 3.63) is 0 Å². The van der Waals surface area contributed by atoms with Crippen LogP contribution in [0, 0.1) is 0 Å². The Hall–Kier alpha value is -0.160. The molecule has 0 aromatic rings. The lowest BCUT2D eigenvalue weighted by Crippen LogP contribution is -2.79. The van der Waals surface area contributed by atoms with Crippen molar-refractivity contribution in [3.8, 4) is 0 Å². The van der Waals surface area contributed by atoms with Gasteiger partial charge >= 0.3 is 0 Å². The zero-order chi connectivity index (χ0) is 11.0. The molecule has 0 saturated carbocycles. The van der Waals surface area contributed by atoms with Crippen LogP contribution in [0.25, 0.3) is 0 Å². The Labute approximate surface area is 98.0 Å². The van der Waals surface area contributed by atoms with Gasteiger partial charge in [0.05, 0.1) is 26.7 Å². The number of rotatable bonds is 0. The number of nitrogens with zero attached hydrogens (tertiary/aromatic N) is 4. The van der Waals surface area contributed by atoms with E-state index in [1.54, 1.807) is 0 Å². The molecule has 16 heavy (non-hydrogen) atoms. The molecule has 0 spiro atoms. The summed E-state index contributed by atoms with van der Waals surface area (Å²) in [6.45, 7) is 13.0. The standard InChI is InChI=1S/C12H23N4/c1-12-11-13-3-4-14(11)7-9-16(12,2)10-8-15(12)6-5-13/h11H,3-10H2,1-2H3/q+1/t11-,12+,16?/m1/s1. The molecule has 4 rings (SSSR count). The first-order valence-corrected chi connectivity index (χ1v) is 6.73. The molecule has 0 bridgehead atoms. The highest BCUT2D eigenvalue weighted by Gasteiger charge is 2.66. The number of hydrogen-bond acceptors (Lipinski definition) is 3. The van der Waals surface area contributed by atoms with E-state index in [-0.39, 0.29) is 0 Å². The van der Waals surface area contributed by atoms with E-state index < -0.39 is 0 Å². The third-order valence-corrected chi connectivity index (χ3v) is 5.99. The van der Waals surface area contributed by atoms with Gasteiger partial charge in [-0.1, -0.05) is 0 Å². The van der Waals surface area contributed by atoms with Crippen LogP contribution in [0.15, 0.2) is 0 Å². The topological polar surface area (TPSA) is 9.72 Å². The smallest absolute Gasteiger partial charge is 0.182 e. The molecular formula is C12H23N4+. The SMILES string of the molecule is C[C@@]12[C@@H]3N4CCN3CC[N+]1(C)CCN2CC4. The molecule has 90 valence electrons. The molecule has 0 aromatic carbocycles. The van der Waals surface area contributed by atoms with Crippen molar-refractivity contribution in [3.63, 3.8) is 0 Å². The second-order valence-corrected chi connectivity index (χ2v) is 6.37. The van der Waals surface area contributed by atoms with Gasteiger partial charge in [-0.05, 0) is 0 Å². The Kier molecular flexibility index (Phi) is 1.72. The van der Waals surface area contributed by atoms with Gasteiger partial charge < -0.3 is 4.48 Å². The molecule has 4 heteroatoms. The fraction of sp³-hybridized carbons (Fsp3) is 1.00. The van der Waals surface area contributed by atoms with Gasteiger partial charge in [-0.2, -0.15) is 0 Å². The van der Waals surface area contributed by atoms with E-state index >= 15 is 0 Å². The molecule has 0 aromatic heterocycles. The molecule has 4 saturated heterocycles. The molecule has 1 unspecified atom stereocenters. The Morgan fingerprint density at radius 2 is 1.56 bits per heavy atom. The van der Waals surface area contributed by atoms with Crippen LogP contribution in [-0.2, 0) is 0 Å². The number of likely N-dealkylation sites (N-methyl/N-ethyl adjacent to an activating group) is 1. The monoisotopic (exact) mass is 223 g/mol. The van der Waals surface area contributed by atoms with Gasteiger partial charge in [0.2, 0.25) is 0 Å². The highest BCUT2D eigenvalue weighted by atomic mass is 15.7. The minimum Gasteiger partial charge on any atom is -0.304 e. The molecule has 4 aliphatic heterocycles. The van der Waals surface area contributed by atoms with Gasteiger partial charge in [0, 0.05) is 39.6 Å². The van der Waals surface area contributed by atoms with Gasteiger partial charge in [-0.15, -0.1) is 0 Å². The fourth-order valence-corrected chi connectivity index (χ4v) is 4.74. The average molecular weight is 223 g/mol. The molecule has 4 fully saturated rings. The molecule has 0 amide bonds. The van der Waals surface area contributed by atoms with E-state index in [9.17, 15) is 0 Å². The maximum Gasteiger partial charge on any atom is 0.182 e. The van der Waals surface area contributed by atoms with Crippen molar-refractivity contribution in [2.45, 2.75) is 18.8 Å². The van der Waals surface area contributed by atoms with E-state index in [1.165, 1.54) is 56.8 Å². The van der Waals surface area contributed by atoms with Gasteiger partial charge in [-0.3, -0.25) is 9.80 Å². The molecule has 4 aliphatic rings. The first-order chi connectivity index (χ1) is 7.65. The van der Waals surface area contributed by atoms with Gasteiger partial charge in [0.25, 0.3) is 0 Å². The molecule has 0 radical (unpaired) electrons. The molecule has 0 N–H and O–H groups in total. The van der Waals surface area contributed by atoms with Crippen LogP contribution in [0.4, 0.5) is 0 Å². The van der Waals surface area contributed by atoms with Gasteiger partial charge in [-0.25, -0.2) is 4.90 Å². The minimum absolute atomic E-state index is 0.368. The van der Waals surface area contributed by atoms with Crippen molar-refractivity contribution in [1.29, 1.82) is 0 Å². The van der Waals surface area contributed by atoms with Crippen molar-refractivity contribution in [1.82, 2.24) is 14.7 Å². The van der Waals surface area contributed by atoms with Crippen LogP contribution in [0.1, 0.15) is 6.92 Å². The van der Waals surface area contributed by atoms with E-state index in [4.69, 9.17) is 0 Å². The second kappa shape index (κ2) is 2.80. The average Bonchev–Trinajstić information content (AvgIpc) is 2.77. The summed E-state index contributed by atoms with van der Waals surface area (Å²) in [4.78, 5) is 8.24. The third kappa shape index (κ3) is 0.883. The van der Waals surface area contributed by atoms with E-state index in [2.05, 4.69) is 28.7 Å². The van der Waals surface area contributed by atoms with Crippen molar-refractivity contribution < 1.29 is 4.48 Å². The predicted octanol–water partition coefficient (Wildman–Crippen LogP) is -0.564. The lowest BCUT2D eigenvalue weighted by molar-refractivity contribution is -0.962. The Bertz CT molecular complexity index is 327. The van der Waals surface area contributed by atoms with Crippen LogP contribution in [0.2, 0.25) is 0 Å². The Morgan fingerprint density at radius 3 is 2.38 bits per heavy atom. The molecule has 4 heterocycles. The summed E-state index contributed by atoms with van der Waals surface area (Å²) in [5.41, 5.74) is 0.368. The number of hydrogen-bond donors (Lipinski definition) is 0. The van der Waals surface area contributed by atoms with Crippen molar-refractivity contribution >= 4 is 0 Å². The van der Waals surface area contributed by atoms with E-state index in [1.807, 2.05) is 0 Å². The summed E-state index contributed by atoms with van der Waals surface area (Å²) in [5, 5.41) is 0. The molecule has 3 atom stereocenters. The highest BCUT2D eigenvalue weighted by molar-refractivity contribution is 5.04. The first-order valence-electron chi connectivity index (χ1n) is 6.73. The van der Waals surface area contributed by atoms with Crippen molar-refractivity contribution in [2.75, 3.05) is 59.4 Å². The van der Waals surface area contributed by atoms with Crippen LogP contribution < -0.4 is 0 Å². The van der Waals surface area contributed by atoms with E-state index in [0.717, 1.165) is 0 Å². The lowest BCUT2D eigenvalue weighted by Gasteiger charge is -2.59. The zero-order valence-corrected chi connectivity index (χ0v) is 10.5. The van der Waals surface area contributed by atoms with Crippen LogP contribution in [0.3, 0.4) is 0 Å². The summed E-state index contributed by atoms with van der Waals surface area (Å²) in [6.07, 6.45) is 0.697. The van der Waals surface area contributed by atoms with Crippen molar-refractivity contribution in [2.24, 2.45) is 0 Å². The minimum atomic E-state index is 0.368. The predicted molar refractivity (Wildman–Crippen MR) is 62.8 cm³/mol. The van der Waals surface area contributed by atoms with E-state index in [0.29, 0.717) is 11.8 Å². The first kappa shape index (κ1) is 9.83. The fourth-order valence-electron chi connectivity index (χ4n) is 4.74. The lowest BCUT2D eigenvalue weighted by atomic mass is 9.97. The molecular weight excluding hydrogens is 200 g/mol. The number of piperazine rings is 2. The number of quaternary nitrogens is 1. The Morgan fingerprint density at radius 1 is 0.938 bits per heavy atom. The summed E-state index contributed by atoms with van der Waals surface area (Å²) in [5.74, 6) is 0. The maximum atomic E-state index is 2.77.